The largest absolute Gasteiger partial charge is 0.478 e. The van der Waals surface area contributed by atoms with Crippen LogP contribution in [0.2, 0.25) is 0 Å². The lowest BCUT2D eigenvalue weighted by Crippen LogP contribution is -2.09. The van der Waals surface area contributed by atoms with Gasteiger partial charge in [0.1, 0.15) is 5.56 Å². The van der Waals surface area contributed by atoms with Crippen LogP contribution >= 0.6 is 0 Å². The molecule has 102 valence electrons. The van der Waals surface area contributed by atoms with E-state index in [1.54, 1.807) is 12.1 Å². The Kier molecular flexibility index (Phi) is 3.85. The van der Waals surface area contributed by atoms with Crippen molar-refractivity contribution in [2.24, 2.45) is 0 Å². The average molecular weight is 274 g/mol. The summed E-state index contributed by atoms with van der Waals surface area (Å²) in [6, 6.07) is 7.37. The third-order valence-electron chi connectivity index (χ3n) is 2.53. The molecule has 0 radical (unpaired) electrons. The monoisotopic (exact) mass is 274 g/mol. The summed E-state index contributed by atoms with van der Waals surface area (Å²) in [7, 11) is 0. The van der Waals surface area contributed by atoms with E-state index in [0.29, 0.717) is 5.56 Å². The van der Waals surface area contributed by atoms with Gasteiger partial charge in [0.05, 0.1) is 11.1 Å². The molecule has 1 aromatic carbocycles. The number of rotatable bonds is 5. The topological polar surface area (TPSA) is 118 Å². The van der Waals surface area contributed by atoms with Crippen LogP contribution in [0.3, 0.4) is 0 Å². The lowest BCUT2D eigenvalue weighted by atomic mass is 10.2. The van der Waals surface area contributed by atoms with E-state index in [1.165, 1.54) is 24.4 Å². The minimum absolute atomic E-state index is 0.00886. The summed E-state index contributed by atoms with van der Waals surface area (Å²) in [6.07, 6.45) is 1.28. The molecular formula is C12H10N4O4. The maximum absolute atomic E-state index is 11.0. The van der Waals surface area contributed by atoms with Crippen LogP contribution in [0.4, 0.5) is 11.5 Å². The molecule has 20 heavy (non-hydrogen) atoms. The molecule has 0 bridgehead atoms. The van der Waals surface area contributed by atoms with Crippen molar-refractivity contribution < 1.29 is 14.8 Å². The first-order valence-electron chi connectivity index (χ1n) is 5.60. The fourth-order valence-electron chi connectivity index (χ4n) is 1.60. The number of carbonyl (C=O) groups is 1. The van der Waals surface area contributed by atoms with Gasteiger partial charge in [-0.1, -0.05) is 12.1 Å². The molecule has 0 aliphatic heterocycles. The van der Waals surface area contributed by atoms with Crippen molar-refractivity contribution in [2.75, 3.05) is 5.32 Å². The van der Waals surface area contributed by atoms with Gasteiger partial charge in [-0.25, -0.2) is 4.79 Å². The van der Waals surface area contributed by atoms with Crippen molar-refractivity contribution >= 4 is 17.5 Å². The molecule has 0 saturated heterocycles. The molecule has 0 atom stereocenters. The molecule has 2 rings (SSSR count). The number of hydrogen-bond donors (Lipinski definition) is 2. The number of nitro benzene ring substituents is 1. The molecular weight excluding hydrogens is 264 g/mol. The highest BCUT2D eigenvalue weighted by Crippen LogP contribution is 2.15. The Morgan fingerprint density at radius 3 is 2.90 bits per heavy atom. The van der Waals surface area contributed by atoms with Gasteiger partial charge in [-0.2, -0.15) is 5.10 Å². The van der Waals surface area contributed by atoms with E-state index in [0.717, 1.165) is 0 Å². The molecule has 0 aliphatic carbocycles. The number of nitrogens with one attached hydrogen (secondary N) is 1. The molecule has 0 fully saturated rings. The summed E-state index contributed by atoms with van der Waals surface area (Å²) in [5.74, 6) is -1.01. The fraction of sp³-hybridized carbons (Fsp3) is 0.0833. The van der Waals surface area contributed by atoms with Gasteiger partial charge in [0.2, 0.25) is 0 Å². The van der Waals surface area contributed by atoms with Gasteiger partial charge in [0, 0.05) is 18.7 Å². The van der Waals surface area contributed by atoms with Crippen LogP contribution in [0.25, 0.3) is 0 Å². The normalized spacial score (nSPS) is 10.0. The lowest BCUT2D eigenvalue weighted by molar-refractivity contribution is -0.384. The van der Waals surface area contributed by atoms with Crippen LogP contribution in [0.1, 0.15) is 15.9 Å². The summed E-state index contributed by atoms with van der Waals surface area (Å²) in [4.78, 5) is 21.1. The Balaban J connectivity index is 2.15. The van der Waals surface area contributed by atoms with Crippen molar-refractivity contribution in [2.45, 2.75) is 6.54 Å². The van der Waals surface area contributed by atoms with Crippen molar-refractivity contribution in [3.05, 3.63) is 57.8 Å². The Bertz CT molecular complexity index is 659. The van der Waals surface area contributed by atoms with E-state index in [1.807, 2.05) is 0 Å². The first-order chi connectivity index (χ1) is 9.58. The van der Waals surface area contributed by atoms with Gasteiger partial charge < -0.3 is 10.4 Å². The highest BCUT2D eigenvalue weighted by molar-refractivity contribution is 5.92. The van der Waals surface area contributed by atoms with E-state index in [9.17, 15) is 14.9 Å². The summed E-state index contributed by atoms with van der Waals surface area (Å²) < 4.78 is 0. The molecule has 0 aliphatic rings. The fourth-order valence-corrected chi connectivity index (χ4v) is 1.60. The predicted octanol–water partition coefficient (Wildman–Crippen LogP) is 1.70. The van der Waals surface area contributed by atoms with Crippen LogP contribution in [-0.4, -0.2) is 26.2 Å². The number of nitrogens with zero attached hydrogens (tertiary/aromatic N) is 3. The van der Waals surface area contributed by atoms with Gasteiger partial charge in [-0.15, -0.1) is 5.10 Å². The number of nitro groups is 1. The Labute approximate surface area is 113 Å². The number of aromatic nitrogens is 2. The first-order valence-corrected chi connectivity index (χ1v) is 5.60. The van der Waals surface area contributed by atoms with E-state index in [4.69, 9.17) is 5.11 Å². The Morgan fingerprint density at radius 2 is 2.20 bits per heavy atom. The molecule has 0 spiro atoms. The van der Waals surface area contributed by atoms with Crippen LogP contribution in [0, 0.1) is 10.1 Å². The number of benzene rings is 1. The van der Waals surface area contributed by atoms with Crippen LogP contribution < -0.4 is 5.32 Å². The molecule has 0 amide bonds. The minimum Gasteiger partial charge on any atom is -0.478 e. The average Bonchev–Trinajstić information content (AvgIpc) is 2.45. The summed E-state index contributed by atoms with van der Waals surface area (Å²) in [6.45, 7) is 0.209. The quantitative estimate of drug-likeness (QED) is 0.629. The van der Waals surface area contributed by atoms with Gasteiger partial charge in [0.25, 0.3) is 5.69 Å². The van der Waals surface area contributed by atoms with E-state index < -0.39 is 10.9 Å². The highest BCUT2D eigenvalue weighted by atomic mass is 16.6. The van der Waals surface area contributed by atoms with E-state index in [2.05, 4.69) is 15.5 Å². The van der Waals surface area contributed by atoms with Crippen molar-refractivity contribution in [3.8, 4) is 0 Å². The van der Waals surface area contributed by atoms with Gasteiger partial charge >= 0.3 is 5.97 Å². The minimum atomic E-state index is -1.12. The second-order valence-electron chi connectivity index (χ2n) is 3.88. The van der Waals surface area contributed by atoms with E-state index >= 15 is 0 Å². The SMILES string of the molecule is O=C(O)c1ccnnc1NCc1cccc([N+](=O)[O-])c1. The molecule has 1 heterocycles. The van der Waals surface area contributed by atoms with E-state index in [-0.39, 0.29) is 23.6 Å². The first kappa shape index (κ1) is 13.4. The van der Waals surface area contributed by atoms with Gasteiger partial charge in [-0.05, 0) is 11.6 Å². The number of non-ortho nitro benzene ring substituents is 1. The molecule has 8 heteroatoms. The number of anilines is 1. The predicted molar refractivity (Wildman–Crippen MR) is 69.4 cm³/mol. The number of carboxylic acids is 1. The molecule has 0 unspecified atom stereocenters. The zero-order chi connectivity index (χ0) is 14.5. The number of hydrogen-bond acceptors (Lipinski definition) is 6. The van der Waals surface area contributed by atoms with Gasteiger partial charge in [-0.3, -0.25) is 10.1 Å². The highest BCUT2D eigenvalue weighted by Gasteiger charge is 2.11. The summed E-state index contributed by atoms with van der Waals surface area (Å²) in [5.41, 5.74) is 0.605. The Morgan fingerprint density at radius 1 is 1.40 bits per heavy atom. The lowest BCUT2D eigenvalue weighted by Gasteiger charge is -2.07. The summed E-state index contributed by atoms with van der Waals surface area (Å²) >= 11 is 0. The number of aromatic carboxylic acids is 1. The third-order valence-corrected chi connectivity index (χ3v) is 2.53. The van der Waals surface area contributed by atoms with Crippen LogP contribution in [-0.2, 0) is 6.54 Å². The van der Waals surface area contributed by atoms with Crippen molar-refractivity contribution in [1.82, 2.24) is 10.2 Å². The molecule has 0 saturated carbocycles. The maximum atomic E-state index is 11.0. The zero-order valence-corrected chi connectivity index (χ0v) is 10.2. The third kappa shape index (κ3) is 3.05. The standard InChI is InChI=1S/C12H10N4O4/c17-12(18)10-4-5-14-15-11(10)13-7-8-2-1-3-9(6-8)16(19)20/h1-6H,7H2,(H,13,15)(H,17,18). The van der Waals surface area contributed by atoms with Crippen LogP contribution in [0.5, 0.6) is 0 Å². The maximum Gasteiger partial charge on any atom is 0.339 e. The van der Waals surface area contributed by atoms with Crippen molar-refractivity contribution in [3.63, 3.8) is 0 Å². The zero-order valence-electron chi connectivity index (χ0n) is 10.2. The van der Waals surface area contributed by atoms with Crippen molar-refractivity contribution in [1.29, 1.82) is 0 Å². The smallest absolute Gasteiger partial charge is 0.339 e. The molecule has 8 nitrogen and oxygen atoms in total. The molecule has 1 aromatic heterocycles. The Hall–Kier alpha value is -3.03. The number of carboxylic acid groups (broad SMARTS) is 1. The van der Waals surface area contributed by atoms with Crippen LogP contribution in [0.15, 0.2) is 36.5 Å². The summed E-state index contributed by atoms with van der Waals surface area (Å²) in [5, 5.41) is 29.7. The molecule has 2 aromatic rings. The van der Waals surface area contributed by atoms with Gasteiger partial charge in [0.15, 0.2) is 5.82 Å². The second kappa shape index (κ2) is 5.74. The second-order valence-corrected chi connectivity index (χ2v) is 3.88. The molecule has 2 N–H and O–H groups in total.